The number of pyridine rings is 1. The Morgan fingerprint density at radius 3 is 2.85 bits per heavy atom. The third-order valence-corrected chi connectivity index (χ3v) is 4.04. The summed E-state index contributed by atoms with van der Waals surface area (Å²) in [6.45, 7) is 4.45. The van der Waals surface area contributed by atoms with Gasteiger partial charge in [-0.25, -0.2) is 19.7 Å². The SMILES string of the molecule is Cc1nc(N[C@@H](C)c2cn(-c3ccccn3)cn2)nc(N2CCOC2=O)n1. The molecule has 4 rings (SSSR count). The van der Waals surface area contributed by atoms with Gasteiger partial charge in [0.2, 0.25) is 11.9 Å². The van der Waals surface area contributed by atoms with Gasteiger partial charge in [0.15, 0.2) is 0 Å². The predicted molar refractivity (Wildman–Crippen MR) is 96.7 cm³/mol. The molecule has 0 bridgehead atoms. The van der Waals surface area contributed by atoms with Crippen LogP contribution in [-0.2, 0) is 4.74 Å². The number of imidazole rings is 1. The Hall–Kier alpha value is -3.56. The van der Waals surface area contributed by atoms with Gasteiger partial charge in [-0.2, -0.15) is 15.0 Å². The topological polar surface area (TPSA) is 111 Å². The zero-order chi connectivity index (χ0) is 18.8. The van der Waals surface area contributed by atoms with Crippen LogP contribution in [0.5, 0.6) is 0 Å². The lowest BCUT2D eigenvalue weighted by Crippen LogP contribution is -2.26. The molecule has 3 aromatic heterocycles. The van der Waals surface area contributed by atoms with Crippen molar-refractivity contribution in [2.24, 2.45) is 0 Å². The molecule has 138 valence electrons. The van der Waals surface area contributed by atoms with Crippen LogP contribution in [-0.4, -0.2) is 48.7 Å². The van der Waals surface area contributed by atoms with Gasteiger partial charge in [0.05, 0.1) is 18.3 Å². The summed E-state index contributed by atoms with van der Waals surface area (Å²) in [6.07, 6.45) is 4.89. The van der Waals surface area contributed by atoms with Crippen LogP contribution in [0, 0.1) is 6.92 Å². The minimum Gasteiger partial charge on any atom is -0.447 e. The molecule has 10 heteroatoms. The van der Waals surface area contributed by atoms with Crippen molar-refractivity contribution in [3.05, 3.63) is 48.4 Å². The van der Waals surface area contributed by atoms with Crippen molar-refractivity contribution in [3.8, 4) is 5.82 Å². The monoisotopic (exact) mass is 366 g/mol. The van der Waals surface area contributed by atoms with Crippen LogP contribution in [0.1, 0.15) is 24.5 Å². The molecule has 0 radical (unpaired) electrons. The lowest BCUT2D eigenvalue weighted by molar-refractivity contribution is 0.181. The zero-order valence-electron chi connectivity index (χ0n) is 14.9. The summed E-state index contributed by atoms with van der Waals surface area (Å²) in [6, 6.07) is 5.53. The molecule has 27 heavy (non-hydrogen) atoms. The number of cyclic esters (lactones) is 1. The van der Waals surface area contributed by atoms with E-state index in [1.807, 2.05) is 35.9 Å². The molecule has 1 N–H and O–H groups in total. The number of ether oxygens (including phenoxy) is 1. The molecule has 3 aromatic rings. The molecule has 0 unspecified atom stereocenters. The highest BCUT2D eigenvalue weighted by atomic mass is 16.6. The molecule has 1 aliphatic heterocycles. The Kier molecular flexibility index (Phi) is 4.37. The summed E-state index contributed by atoms with van der Waals surface area (Å²) >= 11 is 0. The fourth-order valence-electron chi connectivity index (χ4n) is 2.69. The van der Waals surface area contributed by atoms with Gasteiger partial charge in [-0.05, 0) is 26.0 Å². The van der Waals surface area contributed by atoms with E-state index in [4.69, 9.17) is 4.74 Å². The number of nitrogens with zero attached hydrogens (tertiary/aromatic N) is 7. The molecule has 0 saturated carbocycles. The van der Waals surface area contributed by atoms with Crippen molar-refractivity contribution in [2.45, 2.75) is 19.9 Å². The Morgan fingerprint density at radius 2 is 2.11 bits per heavy atom. The minimum absolute atomic E-state index is 0.157. The third kappa shape index (κ3) is 3.54. The standard InChI is InChI=1S/C17H18N8O2/c1-11(13-9-24(10-19-13)14-5-3-4-6-18-14)20-15-21-12(2)22-16(23-15)25-7-8-27-17(25)26/h3-6,9-11H,7-8H2,1-2H3,(H,20,21,22,23)/t11-/m0/s1. The highest BCUT2D eigenvalue weighted by Gasteiger charge is 2.27. The van der Waals surface area contributed by atoms with Crippen molar-refractivity contribution in [1.82, 2.24) is 29.5 Å². The number of aromatic nitrogens is 6. The number of rotatable bonds is 5. The molecule has 0 spiro atoms. The van der Waals surface area contributed by atoms with E-state index in [0.717, 1.165) is 11.5 Å². The Bertz CT molecular complexity index is 959. The van der Waals surface area contributed by atoms with E-state index in [9.17, 15) is 4.79 Å². The molecule has 1 atom stereocenters. The number of aryl methyl sites for hydroxylation is 1. The lowest BCUT2D eigenvalue weighted by Gasteiger charge is -2.15. The van der Waals surface area contributed by atoms with Crippen molar-refractivity contribution in [1.29, 1.82) is 0 Å². The largest absolute Gasteiger partial charge is 0.447 e. The predicted octanol–water partition coefficient (Wildman–Crippen LogP) is 1.89. The number of carbonyl (C=O) groups is 1. The average molecular weight is 366 g/mol. The molecule has 0 aromatic carbocycles. The summed E-state index contributed by atoms with van der Waals surface area (Å²) in [5.74, 6) is 1.94. The van der Waals surface area contributed by atoms with E-state index in [-0.39, 0.29) is 12.0 Å². The van der Waals surface area contributed by atoms with E-state index in [2.05, 4.69) is 30.2 Å². The van der Waals surface area contributed by atoms with Gasteiger partial charge >= 0.3 is 6.09 Å². The van der Waals surface area contributed by atoms with Crippen LogP contribution in [0.4, 0.5) is 16.7 Å². The van der Waals surface area contributed by atoms with Gasteiger partial charge in [-0.1, -0.05) is 6.07 Å². The summed E-state index contributed by atoms with van der Waals surface area (Å²) in [4.78, 5) is 34.7. The van der Waals surface area contributed by atoms with Crippen LogP contribution in [0.3, 0.4) is 0 Å². The van der Waals surface area contributed by atoms with Gasteiger partial charge in [0.25, 0.3) is 0 Å². The first-order valence-corrected chi connectivity index (χ1v) is 8.49. The van der Waals surface area contributed by atoms with E-state index in [0.29, 0.717) is 24.9 Å². The molecule has 1 amide bonds. The van der Waals surface area contributed by atoms with E-state index < -0.39 is 6.09 Å². The van der Waals surface area contributed by atoms with Crippen molar-refractivity contribution < 1.29 is 9.53 Å². The van der Waals surface area contributed by atoms with E-state index >= 15 is 0 Å². The lowest BCUT2D eigenvalue weighted by atomic mass is 10.2. The smallest absolute Gasteiger partial charge is 0.416 e. The Labute approximate surface area is 155 Å². The molecule has 1 aliphatic rings. The molecule has 10 nitrogen and oxygen atoms in total. The van der Waals surface area contributed by atoms with Gasteiger partial charge in [-0.3, -0.25) is 4.57 Å². The summed E-state index contributed by atoms with van der Waals surface area (Å²) in [7, 11) is 0. The number of hydrogen-bond donors (Lipinski definition) is 1. The van der Waals surface area contributed by atoms with Crippen LogP contribution in [0.2, 0.25) is 0 Å². The maximum atomic E-state index is 11.7. The maximum absolute atomic E-state index is 11.7. The second-order valence-corrected chi connectivity index (χ2v) is 6.03. The summed E-state index contributed by atoms with van der Waals surface area (Å²) in [5.41, 5.74) is 0.806. The Morgan fingerprint density at radius 1 is 1.22 bits per heavy atom. The van der Waals surface area contributed by atoms with E-state index in [1.54, 1.807) is 19.4 Å². The van der Waals surface area contributed by atoms with Gasteiger partial charge in [0.1, 0.15) is 24.6 Å². The van der Waals surface area contributed by atoms with Crippen molar-refractivity contribution in [3.63, 3.8) is 0 Å². The zero-order valence-corrected chi connectivity index (χ0v) is 14.9. The third-order valence-electron chi connectivity index (χ3n) is 4.04. The first-order chi connectivity index (χ1) is 13.1. The fraction of sp³-hybridized carbons (Fsp3) is 0.294. The highest BCUT2D eigenvalue weighted by Crippen LogP contribution is 2.19. The molecular weight excluding hydrogens is 348 g/mol. The van der Waals surface area contributed by atoms with Crippen LogP contribution < -0.4 is 10.2 Å². The second kappa shape index (κ2) is 6.98. The maximum Gasteiger partial charge on any atom is 0.416 e. The van der Waals surface area contributed by atoms with Gasteiger partial charge in [-0.15, -0.1) is 0 Å². The number of anilines is 2. The van der Waals surface area contributed by atoms with Crippen LogP contribution >= 0.6 is 0 Å². The first-order valence-electron chi connectivity index (χ1n) is 8.49. The van der Waals surface area contributed by atoms with E-state index in [1.165, 1.54) is 4.90 Å². The summed E-state index contributed by atoms with van der Waals surface area (Å²) in [5, 5.41) is 3.21. The first kappa shape index (κ1) is 16.9. The van der Waals surface area contributed by atoms with Crippen LogP contribution in [0.15, 0.2) is 36.9 Å². The summed E-state index contributed by atoms with van der Waals surface area (Å²) < 4.78 is 6.79. The van der Waals surface area contributed by atoms with Crippen molar-refractivity contribution >= 4 is 18.0 Å². The molecular formula is C17H18N8O2. The normalized spacial score (nSPS) is 14.9. The van der Waals surface area contributed by atoms with Gasteiger partial charge in [0, 0.05) is 12.4 Å². The molecule has 0 aliphatic carbocycles. The molecule has 1 fully saturated rings. The number of amides is 1. The molecule has 4 heterocycles. The van der Waals surface area contributed by atoms with Crippen molar-refractivity contribution in [2.75, 3.05) is 23.4 Å². The number of carbonyl (C=O) groups excluding carboxylic acids is 1. The quantitative estimate of drug-likeness (QED) is 0.729. The average Bonchev–Trinajstić information content (AvgIpc) is 3.31. The Balaban J connectivity index is 1.53. The number of nitrogens with one attached hydrogen (secondary N) is 1. The van der Waals surface area contributed by atoms with Crippen LogP contribution in [0.25, 0.3) is 5.82 Å². The minimum atomic E-state index is -0.450. The second-order valence-electron chi connectivity index (χ2n) is 6.03. The van der Waals surface area contributed by atoms with Gasteiger partial charge < -0.3 is 10.1 Å². The fourth-order valence-corrected chi connectivity index (χ4v) is 2.69. The highest BCUT2D eigenvalue weighted by molar-refractivity contribution is 5.87. The number of hydrogen-bond acceptors (Lipinski definition) is 8. The molecule has 1 saturated heterocycles.